The third kappa shape index (κ3) is 4.45. The number of piperidine rings is 1. The van der Waals surface area contributed by atoms with Crippen molar-refractivity contribution in [1.82, 2.24) is 19.7 Å². The molecule has 0 N–H and O–H groups in total. The molecule has 2 bridgehead atoms. The summed E-state index contributed by atoms with van der Waals surface area (Å²) < 4.78 is 0. The fourth-order valence-corrected chi connectivity index (χ4v) is 7.01. The Kier molecular flexibility index (Phi) is 6.32. The van der Waals surface area contributed by atoms with E-state index in [2.05, 4.69) is 43.9 Å². The van der Waals surface area contributed by atoms with E-state index < -0.39 is 0 Å². The summed E-state index contributed by atoms with van der Waals surface area (Å²) >= 11 is 0. The minimum Gasteiger partial charge on any atom is -0.334 e. The van der Waals surface area contributed by atoms with Crippen LogP contribution in [0, 0.1) is 19.8 Å². The number of amides is 2. The summed E-state index contributed by atoms with van der Waals surface area (Å²) in [4.78, 5) is 38.3. The van der Waals surface area contributed by atoms with Crippen molar-refractivity contribution >= 4 is 11.8 Å². The highest BCUT2D eigenvalue weighted by Crippen LogP contribution is 2.40. The van der Waals surface area contributed by atoms with Gasteiger partial charge in [-0.1, -0.05) is 30.3 Å². The van der Waals surface area contributed by atoms with Crippen LogP contribution in [0.2, 0.25) is 0 Å². The first-order valence-corrected chi connectivity index (χ1v) is 13.8. The summed E-state index contributed by atoms with van der Waals surface area (Å²) in [6.45, 7) is 6.70. The molecule has 3 aliphatic heterocycles. The van der Waals surface area contributed by atoms with Gasteiger partial charge in [-0.05, 0) is 76.0 Å². The maximum Gasteiger partial charge on any atom is 0.256 e. The zero-order valence-electron chi connectivity index (χ0n) is 21.6. The van der Waals surface area contributed by atoms with Crippen molar-refractivity contribution in [2.24, 2.45) is 5.92 Å². The van der Waals surface area contributed by atoms with E-state index >= 15 is 0 Å². The molecule has 6 heteroatoms. The lowest BCUT2D eigenvalue weighted by Crippen LogP contribution is -2.53. The number of likely N-dealkylation sites (tertiary alicyclic amines) is 1. The number of rotatable bonds is 6. The quantitative estimate of drug-likeness (QED) is 0.609. The van der Waals surface area contributed by atoms with E-state index in [-0.39, 0.29) is 17.9 Å². The lowest BCUT2D eigenvalue weighted by Gasteiger charge is -2.42. The Bertz CT molecular complexity index is 1100. The molecule has 4 aliphatic rings. The van der Waals surface area contributed by atoms with Gasteiger partial charge in [0.05, 0.1) is 11.3 Å². The molecule has 36 heavy (non-hydrogen) atoms. The maximum atomic E-state index is 13.6. The lowest BCUT2D eigenvalue weighted by atomic mass is 9.94. The van der Waals surface area contributed by atoms with E-state index in [1.54, 1.807) is 6.20 Å². The third-order valence-corrected chi connectivity index (χ3v) is 9.06. The number of hydrogen-bond donors (Lipinski definition) is 0. The van der Waals surface area contributed by atoms with Crippen LogP contribution >= 0.6 is 0 Å². The van der Waals surface area contributed by atoms with Gasteiger partial charge in [0.15, 0.2) is 0 Å². The second kappa shape index (κ2) is 9.62. The van der Waals surface area contributed by atoms with E-state index in [0.29, 0.717) is 24.0 Å². The lowest BCUT2D eigenvalue weighted by molar-refractivity contribution is -0.135. The number of aryl methyl sites for hydroxylation is 2. The highest BCUT2D eigenvalue weighted by atomic mass is 16.2. The summed E-state index contributed by atoms with van der Waals surface area (Å²) in [5.41, 5.74) is 3.87. The average Bonchev–Trinajstić information content (AvgIpc) is 3.55. The number of hydrogen-bond acceptors (Lipinski definition) is 4. The van der Waals surface area contributed by atoms with Crippen LogP contribution in [0.25, 0.3) is 0 Å². The number of aromatic nitrogens is 1. The van der Waals surface area contributed by atoms with Gasteiger partial charge < -0.3 is 9.80 Å². The van der Waals surface area contributed by atoms with Crippen LogP contribution in [0.4, 0.5) is 0 Å². The van der Waals surface area contributed by atoms with Crippen LogP contribution in [-0.4, -0.2) is 68.8 Å². The van der Waals surface area contributed by atoms with Gasteiger partial charge >= 0.3 is 0 Å². The van der Waals surface area contributed by atoms with Gasteiger partial charge in [0, 0.05) is 55.9 Å². The van der Waals surface area contributed by atoms with Crippen molar-refractivity contribution in [3.63, 3.8) is 0 Å². The van der Waals surface area contributed by atoms with Crippen LogP contribution < -0.4 is 0 Å². The first-order valence-electron chi connectivity index (χ1n) is 13.8. The summed E-state index contributed by atoms with van der Waals surface area (Å²) in [7, 11) is 0. The predicted octanol–water partition coefficient (Wildman–Crippen LogP) is 4.35. The van der Waals surface area contributed by atoms with Gasteiger partial charge in [0.2, 0.25) is 5.91 Å². The number of benzene rings is 1. The Morgan fingerprint density at radius 1 is 0.944 bits per heavy atom. The topological polar surface area (TPSA) is 56.8 Å². The summed E-state index contributed by atoms with van der Waals surface area (Å²) in [5.74, 6) is 0.771. The van der Waals surface area contributed by atoms with E-state index in [4.69, 9.17) is 0 Å². The molecular weight excluding hydrogens is 448 g/mol. The van der Waals surface area contributed by atoms with Crippen molar-refractivity contribution in [1.29, 1.82) is 0 Å². The molecule has 1 aliphatic carbocycles. The Balaban J connectivity index is 1.13. The van der Waals surface area contributed by atoms with E-state index in [9.17, 15) is 9.59 Å². The van der Waals surface area contributed by atoms with Gasteiger partial charge in [-0.3, -0.25) is 19.5 Å². The molecule has 3 atom stereocenters. The van der Waals surface area contributed by atoms with Crippen LogP contribution in [-0.2, 0) is 11.3 Å². The van der Waals surface area contributed by atoms with Gasteiger partial charge in [-0.25, -0.2) is 0 Å². The van der Waals surface area contributed by atoms with E-state index in [0.717, 1.165) is 81.4 Å². The molecule has 1 aromatic carbocycles. The number of carbonyl (C=O) groups excluding carboxylic acids is 2. The molecule has 2 unspecified atom stereocenters. The van der Waals surface area contributed by atoms with Crippen LogP contribution in [0.1, 0.15) is 72.1 Å². The van der Waals surface area contributed by atoms with Crippen molar-refractivity contribution in [3.8, 4) is 0 Å². The molecule has 6 rings (SSSR count). The first kappa shape index (κ1) is 23.7. The molecule has 3 saturated heterocycles. The number of fused-ring (bicyclic) bond motifs is 2. The Hall–Kier alpha value is -2.73. The molecule has 4 heterocycles. The summed E-state index contributed by atoms with van der Waals surface area (Å²) in [6.07, 6.45) is 9.23. The van der Waals surface area contributed by atoms with Gasteiger partial charge in [-0.2, -0.15) is 0 Å². The van der Waals surface area contributed by atoms with Crippen LogP contribution in [0.3, 0.4) is 0 Å². The average molecular weight is 487 g/mol. The largest absolute Gasteiger partial charge is 0.334 e. The monoisotopic (exact) mass is 486 g/mol. The minimum absolute atomic E-state index is 0.174. The van der Waals surface area contributed by atoms with Crippen molar-refractivity contribution in [2.45, 2.75) is 89.5 Å². The zero-order chi connectivity index (χ0) is 24.8. The highest BCUT2D eigenvalue weighted by Gasteiger charge is 2.47. The van der Waals surface area contributed by atoms with Gasteiger partial charge in [0.25, 0.3) is 5.91 Å². The molecule has 2 aromatic rings. The molecule has 190 valence electrons. The van der Waals surface area contributed by atoms with Crippen molar-refractivity contribution in [3.05, 3.63) is 65.0 Å². The number of nitrogens with zero attached hydrogens (tertiary/aromatic N) is 4. The normalized spacial score (nSPS) is 27.9. The molecule has 6 nitrogen and oxygen atoms in total. The first-order chi connectivity index (χ1) is 17.5. The zero-order valence-corrected chi connectivity index (χ0v) is 21.6. The predicted molar refractivity (Wildman–Crippen MR) is 139 cm³/mol. The third-order valence-electron chi connectivity index (χ3n) is 9.06. The molecule has 0 radical (unpaired) electrons. The van der Waals surface area contributed by atoms with Crippen molar-refractivity contribution < 1.29 is 9.59 Å². The van der Waals surface area contributed by atoms with E-state index in [1.165, 1.54) is 5.56 Å². The molecule has 1 aromatic heterocycles. The number of carbonyl (C=O) groups is 2. The van der Waals surface area contributed by atoms with Gasteiger partial charge in [0.1, 0.15) is 0 Å². The fraction of sp³-hybridized carbons (Fsp3) is 0.567. The second-order valence-electron chi connectivity index (χ2n) is 11.5. The van der Waals surface area contributed by atoms with Crippen LogP contribution in [0.5, 0.6) is 0 Å². The Labute approximate surface area is 214 Å². The Morgan fingerprint density at radius 3 is 2.33 bits per heavy atom. The summed E-state index contributed by atoms with van der Waals surface area (Å²) in [5, 5.41) is 0. The fourth-order valence-electron chi connectivity index (χ4n) is 7.01. The molecular formula is C30H38N4O2. The summed E-state index contributed by atoms with van der Waals surface area (Å²) in [6, 6.07) is 13.8. The highest BCUT2D eigenvalue weighted by molar-refractivity contribution is 5.97. The Morgan fingerprint density at radius 2 is 1.67 bits per heavy atom. The van der Waals surface area contributed by atoms with Crippen LogP contribution in [0.15, 0.2) is 42.6 Å². The molecule has 0 spiro atoms. The van der Waals surface area contributed by atoms with Gasteiger partial charge in [-0.15, -0.1) is 0 Å². The SMILES string of the molecule is Cc1ccnc(C)c1C(=O)N1C2CCC1CC(N1CC[C@@H](N(Cc3ccccc3)C(=O)C3CC3)C1)C2. The minimum atomic E-state index is 0.174. The number of pyridine rings is 1. The molecule has 4 fully saturated rings. The molecule has 1 saturated carbocycles. The standard InChI is InChI=1S/C30H38N4O2/c1-20-12-14-31-21(2)28(20)30(36)34-24-10-11-25(34)17-27(16-24)32-15-13-26(19-32)33(29(35)23-8-9-23)18-22-6-4-3-5-7-22/h3-7,12,14,23-27H,8-11,13,15-19H2,1-2H3/t24?,25?,26-,27?/m1/s1. The van der Waals surface area contributed by atoms with E-state index in [1.807, 2.05) is 26.0 Å². The molecule has 2 amide bonds. The smallest absolute Gasteiger partial charge is 0.256 e. The van der Waals surface area contributed by atoms with Crippen molar-refractivity contribution in [2.75, 3.05) is 13.1 Å². The maximum absolute atomic E-state index is 13.6. The second-order valence-corrected chi connectivity index (χ2v) is 11.5.